The Kier molecular flexibility index (Phi) is 7.24. The van der Waals surface area contributed by atoms with Crippen molar-refractivity contribution in [3.8, 4) is 0 Å². The molecule has 1 unspecified atom stereocenters. The highest BCUT2D eigenvalue weighted by Gasteiger charge is 2.31. The van der Waals surface area contributed by atoms with Gasteiger partial charge in [0.25, 0.3) is 0 Å². The van der Waals surface area contributed by atoms with Gasteiger partial charge in [-0.1, -0.05) is 0 Å². The van der Waals surface area contributed by atoms with E-state index in [1.165, 1.54) is 6.92 Å². The number of carbonyl (C=O) groups is 5. The van der Waals surface area contributed by atoms with Crippen molar-refractivity contribution >= 4 is 45.9 Å². The van der Waals surface area contributed by atoms with Crippen molar-refractivity contribution in [2.24, 2.45) is 0 Å². The number of nitrogens with one attached hydrogen (secondary N) is 2. The second-order valence-corrected chi connectivity index (χ2v) is 7.37. The summed E-state index contributed by atoms with van der Waals surface area (Å²) in [5.41, 5.74) is 0.302. The fourth-order valence-electron chi connectivity index (χ4n) is 2.74. The zero-order valence-corrected chi connectivity index (χ0v) is 15.9. The lowest BCUT2D eigenvalue weighted by Gasteiger charge is -2.23. The molecule has 28 heavy (non-hydrogen) atoms. The minimum absolute atomic E-state index is 0.0143. The second-order valence-electron chi connectivity index (χ2n) is 6.27. The van der Waals surface area contributed by atoms with Gasteiger partial charge in [0, 0.05) is 30.7 Å². The predicted octanol–water partition coefficient (Wildman–Crippen LogP) is 0.786. The summed E-state index contributed by atoms with van der Waals surface area (Å²) in [6, 6.07) is 0. The largest absolute Gasteiger partial charge is 0.478 e. The average Bonchev–Trinajstić information content (AvgIpc) is 2.96. The van der Waals surface area contributed by atoms with Gasteiger partial charge in [-0.3, -0.25) is 9.59 Å². The molecule has 0 bridgehead atoms. The van der Waals surface area contributed by atoms with Crippen molar-refractivity contribution in [2.45, 2.75) is 45.3 Å². The lowest BCUT2D eigenvalue weighted by atomic mass is 10.0. The van der Waals surface area contributed by atoms with Crippen molar-refractivity contribution in [3.63, 3.8) is 0 Å². The number of hydrogen-bond acceptors (Lipinski definition) is 7. The van der Waals surface area contributed by atoms with E-state index in [0.29, 0.717) is 23.3 Å². The van der Waals surface area contributed by atoms with Crippen LogP contribution in [0.15, 0.2) is 0 Å². The van der Waals surface area contributed by atoms with Crippen molar-refractivity contribution in [3.05, 3.63) is 16.0 Å². The highest BCUT2D eigenvalue weighted by molar-refractivity contribution is 7.17. The van der Waals surface area contributed by atoms with Crippen LogP contribution in [0.3, 0.4) is 0 Å². The zero-order chi connectivity index (χ0) is 20.8. The highest BCUT2D eigenvalue weighted by atomic mass is 32.1. The summed E-state index contributed by atoms with van der Waals surface area (Å²) < 4.78 is 5.62. The summed E-state index contributed by atoms with van der Waals surface area (Å²) in [6.07, 6.45) is 0.738. The monoisotopic (exact) mass is 412 g/mol. The van der Waals surface area contributed by atoms with E-state index in [0.717, 1.165) is 11.3 Å². The van der Waals surface area contributed by atoms with Crippen LogP contribution in [0.1, 0.15) is 47.0 Å². The molecular weight excluding hydrogens is 392 g/mol. The summed E-state index contributed by atoms with van der Waals surface area (Å²) in [6.45, 7) is 1.72. The number of ketones is 1. The molecule has 10 nitrogen and oxygen atoms in total. The molecule has 0 fully saturated rings. The third-order valence-corrected chi connectivity index (χ3v) is 5.19. The zero-order valence-electron chi connectivity index (χ0n) is 15.1. The van der Waals surface area contributed by atoms with Gasteiger partial charge in [0.15, 0.2) is 0 Å². The second kappa shape index (κ2) is 9.42. The van der Waals surface area contributed by atoms with Gasteiger partial charge in [-0.05, 0) is 18.9 Å². The number of hydrogen-bond donors (Lipinski definition) is 4. The molecule has 11 heteroatoms. The van der Waals surface area contributed by atoms with Gasteiger partial charge >= 0.3 is 17.8 Å². The number of aromatic carboxylic acids is 1. The maximum absolute atomic E-state index is 11.8. The summed E-state index contributed by atoms with van der Waals surface area (Å²) in [7, 11) is 0. The van der Waals surface area contributed by atoms with Gasteiger partial charge in [0.2, 0.25) is 5.91 Å². The fourth-order valence-corrected chi connectivity index (χ4v) is 3.88. The minimum Gasteiger partial charge on any atom is -0.478 e. The van der Waals surface area contributed by atoms with Crippen LogP contribution < -0.4 is 10.6 Å². The van der Waals surface area contributed by atoms with Crippen LogP contribution in [0.5, 0.6) is 0 Å². The Labute approximate surface area is 163 Å². The van der Waals surface area contributed by atoms with Crippen LogP contribution in [0.2, 0.25) is 0 Å². The van der Waals surface area contributed by atoms with E-state index >= 15 is 0 Å². The standard InChI is InChI=1S/C17H20N2O8S/c1-8(20)3-2-4-12(21)18-6-9-5-10-11(7-27-9)28-15(13(10)16(23)24)19-14(22)17(25)26/h9H,2-7H2,1H3,(H,18,21)(H,19,22)(H,23,24)(H,25,26). The molecule has 2 rings (SSSR count). The summed E-state index contributed by atoms with van der Waals surface area (Å²) in [4.78, 5) is 57.0. The Bertz CT molecular complexity index is 816. The van der Waals surface area contributed by atoms with E-state index in [4.69, 9.17) is 9.84 Å². The van der Waals surface area contributed by atoms with Gasteiger partial charge in [0.05, 0.1) is 18.3 Å². The third-order valence-electron chi connectivity index (χ3n) is 4.07. The molecule has 152 valence electrons. The molecule has 0 aromatic carbocycles. The van der Waals surface area contributed by atoms with E-state index < -0.39 is 23.9 Å². The van der Waals surface area contributed by atoms with Crippen molar-refractivity contribution in [1.29, 1.82) is 0 Å². The van der Waals surface area contributed by atoms with Crippen LogP contribution in [0.4, 0.5) is 5.00 Å². The Balaban J connectivity index is 2.01. The molecule has 0 radical (unpaired) electrons. The Hall–Kier alpha value is -2.79. The number of amides is 2. The van der Waals surface area contributed by atoms with Crippen LogP contribution in [0.25, 0.3) is 0 Å². The average molecular weight is 412 g/mol. The number of fused-ring (bicyclic) bond motifs is 1. The van der Waals surface area contributed by atoms with Gasteiger partial charge in [-0.25, -0.2) is 9.59 Å². The molecule has 2 amide bonds. The number of carbonyl (C=O) groups excluding carboxylic acids is 3. The molecule has 0 spiro atoms. The fraction of sp³-hybridized carbons (Fsp3) is 0.471. The molecule has 1 aliphatic heterocycles. The molecule has 4 N–H and O–H groups in total. The molecule has 1 aliphatic rings. The lowest BCUT2D eigenvalue weighted by Crippen LogP contribution is -2.36. The van der Waals surface area contributed by atoms with Gasteiger partial charge in [0.1, 0.15) is 10.8 Å². The van der Waals surface area contributed by atoms with E-state index in [2.05, 4.69) is 10.6 Å². The summed E-state index contributed by atoms with van der Waals surface area (Å²) >= 11 is 0.956. The number of Topliss-reactive ketones (excluding diaryl/α,β-unsaturated/α-hetero) is 1. The molecule has 1 aromatic rings. The number of anilines is 1. The van der Waals surface area contributed by atoms with E-state index in [1.807, 2.05) is 0 Å². The maximum atomic E-state index is 11.8. The molecule has 1 aromatic heterocycles. The first-order valence-corrected chi connectivity index (χ1v) is 9.30. The van der Waals surface area contributed by atoms with E-state index in [-0.39, 0.29) is 48.2 Å². The number of thiophene rings is 1. The van der Waals surface area contributed by atoms with Crippen LogP contribution in [-0.2, 0) is 36.9 Å². The van der Waals surface area contributed by atoms with Crippen LogP contribution >= 0.6 is 11.3 Å². The van der Waals surface area contributed by atoms with Crippen LogP contribution in [0, 0.1) is 0 Å². The Morgan fingerprint density at radius 1 is 1.18 bits per heavy atom. The van der Waals surface area contributed by atoms with Gasteiger partial charge in [-0.15, -0.1) is 11.3 Å². The van der Waals surface area contributed by atoms with Gasteiger partial charge < -0.3 is 30.4 Å². The molecule has 0 saturated heterocycles. The number of rotatable bonds is 8. The van der Waals surface area contributed by atoms with Crippen molar-refractivity contribution in [1.82, 2.24) is 5.32 Å². The molecule has 0 saturated carbocycles. The predicted molar refractivity (Wildman–Crippen MR) is 97.4 cm³/mol. The van der Waals surface area contributed by atoms with Gasteiger partial charge in [-0.2, -0.15) is 0 Å². The minimum atomic E-state index is -1.72. The Morgan fingerprint density at radius 3 is 2.50 bits per heavy atom. The smallest absolute Gasteiger partial charge is 0.394 e. The molecule has 0 aliphatic carbocycles. The number of carboxylic acid groups (broad SMARTS) is 2. The SMILES string of the molecule is CC(=O)CCCC(=O)NCC1Cc2c(sc(NC(=O)C(=O)O)c2C(=O)O)CO1. The molecule has 2 heterocycles. The molecule has 1 atom stereocenters. The highest BCUT2D eigenvalue weighted by Crippen LogP contribution is 2.37. The normalized spacial score (nSPS) is 15.4. The first-order chi connectivity index (χ1) is 13.2. The van der Waals surface area contributed by atoms with E-state index in [9.17, 15) is 29.1 Å². The number of ether oxygens (including phenoxy) is 1. The first kappa shape index (κ1) is 21.5. The quantitative estimate of drug-likeness (QED) is 0.456. The maximum Gasteiger partial charge on any atom is 0.394 e. The number of aliphatic carboxylic acids is 1. The summed E-state index contributed by atoms with van der Waals surface area (Å²) in [5.74, 6) is -4.54. The topological polar surface area (TPSA) is 159 Å². The van der Waals surface area contributed by atoms with Crippen LogP contribution in [-0.4, -0.2) is 52.4 Å². The Morgan fingerprint density at radius 2 is 1.89 bits per heavy atom. The lowest BCUT2D eigenvalue weighted by molar-refractivity contribution is -0.147. The van der Waals surface area contributed by atoms with Crippen molar-refractivity contribution < 1.29 is 38.9 Å². The number of carboxylic acids is 2. The molecular formula is C17H20N2O8S. The summed E-state index contributed by atoms with van der Waals surface area (Å²) in [5, 5.41) is 22.9. The first-order valence-electron chi connectivity index (χ1n) is 8.48. The van der Waals surface area contributed by atoms with Crippen molar-refractivity contribution in [2.75, 3.05) is 11.9 Å². The third kappa shape index (κ3) is 5.60. The van der Waals surface area contributed by atoms with E-state index in [1.54, 1.807) is 0 Å².